The molecule has 2 aromatic rings. The number of carbonyl (C=O) groups excluding carboxylic acids is 1. The van der Waals surface area contributed by atoms with Crippen LogP contribution in [0.1, 0.15) is 25.3 Å². The zero-order chi connectivity index (χ0) is 21.2. The molecule has 31 heavy (non-hydrogen) atoms. The van der Waals surface area contributed by atoms with Crippen LogP contribution in [0.2, 0.25) is 0 Å². The molecule has 3 rings (SSSR count). The summed E-state index contributed by atoms with van der Waals surface area (Å²) in [5, 5.41) is 6.13. The molecule has 0 atom stereocenters. The number of terminal acetylenes is 1. The molecule has 6 nitrogen and oxygen atoms in total. The van der Waals surface area contributed by atoms with Gasteiger partial charge in [-0.2, -0.15) is 0 Å². The molecule has 2 aromatic carbocycles. The molecule has 164 valence electrons. The second-order valence-corrected chi connectivity index (χ2v) is 7.06. The number of hydrogen-bond acceptors (Lipinski definition) is 3. The highest BCUT2D eigenvalue weighted by Gasteiger charge is 2.22. The summed E-state index contributed by atoms with van der Waals surface area (Å²) >= 11 is 0. The summed E-state index contributed by atoms with van der Waals surface area (Å²) in [5.74, 6) is 4.04. The lowest BCUT2D eigenvalue weighted by atomic mass is 10.1. The number of piperidine rings is 1. The van der Waals surface area contributed by atoms with Gasteiger partial charge in [-0.3, -0.25) is 4.79 Å². The maximum absolute atomic E-state index is 12.3. The van der Waals surface area contributed by atoms with Gasteiger partial charge in [0.05, 0.1) is 0 Å². The molecule has 0 aliphatic carbocycles. The molecule has 7 heteroatoms. The summed E-state index contributed by atoms with van der Waals surface area (Å²) in [7, 11) is 0. The first kappa shape index (κ1) is 24.5. The Hall–Kier alpha value is -2.73. The Labute approximate surface area is 201 Å². The molecule has 2 N–H and O–H groups in total. The standard InChI is InChI=1S/C24H28N4O2.HI/c1-3-19-9-8-10-20(17-19)27-23(29)18-26-24(25-4-2)28-15-13-22(14-16-28)30-21-11-6-5-7-12-21;/h1,5-12,17,22H,4,13-16,18H2,2H3,(H,25,26)(H,27,29);1H. The SMILES string of the molecule is C#Cc1cccc(NC(=O)CN=C(NCC)N2CCC(Oc3ccccc3)CC2)c1.I. The smallest absolute Gasteiger partial charge is 0.246 e. The average Bonchev–Trinajstić information content (AvgIpc) is 2.78. The average molecular weight is 532 g/mol. The Morgan fingerprint density at radius 1 is 1.19 bits per heavy atom. The fourth-order valence-electron chi connectivity index (χ4n) is 3.34. The van der Waals surface area contributed by atoms with Crippen molar-refractivity contribution in [2.45, 2.75) is 25.9 Å². The lowest BCUT2D eigenvalue weighted by molar-refractivity contribution is -0.114. The fourth-order valence-corrected chi connectivity index (χ4v) is 3.34. The molecule has 0 radical (unpaired) electrons. The number of nitrogens with zero attached hydrogens (tertiary/aromatic N) is 2. The van der Waals surface area contributed by atoms with Crippen LogP contribution in [0.15, 0.2) is 59.6 Å². The van der Waals surface area contributed by atoms with Gasteiger partial charge in [-0.25, -0.2) is 4.99 Å². The van der Waals surface area contributed by atoms with Crippen LogP contribution in [-0.4, -0.2) is 49.0 Å². The fraction of sp³-hybridized carbons (Fsp3) is 0.333. The number of para-hydroxylation sites is 1. The lowest BCUT2D eigenvalue weighted by Crippen LogP contribution is -2.47. The van der Waals surface area contributed by atoms with Crippen molar-refractivity contribution in [1.29, 1.82) is 0 Å². The number of amides is 1. The summed E-state index contributed by atoms with van der Waals surface area (Å²) in [5.41, 5.74) is 1.40. The van der Waals surface area contributed by atoms with Crippen LogP contribution in [0, 0.1) is 12.3 Å². The van der Waals surface area contributed by atoms with Crippen molar-refractivity contribution in [2.75, 3.05) is 31.5 Å². The number of guanidine groups is 1. The highest BCUT2D eigenvalue weighted by molar-refractivity contribution is 14.0. The van der Waals surface area contributed by atoms with Crippen molar-refractivity contribution in [2.24, 2.45) is 4.99 Å². The highest BCUT2D eigenvalue weighted by Crippen LogP contribution is 2.18. The zero-order valence-electron chi connectivity index (χ0n) is 17.7. The van der Waals surface area contributed by atoms with E-state index in [-0.39, 0.29) is 42.5 Å². The number of ether oxygens (including phenoxy) is 1. The number of aliphatic imine (C=N–C) groups is 1. The van der Waals surface area contributed by atoms with E-state index >= 15 is 0 Å². The van der Waals surface area contributed by atoms with Gasteiger partial charge in [0.15, 0.2) is 5.96 Å². The molecular formula is C24H29IN4O2. The van der Waals surface area contributed by atoms with Crippen molar-refractivity contribution in [3.8, 4) is 18.1 Å². The first-order valence-corrected chi connectivity index (χ1v) is 10.3. The van der Waals surface area contributed by atoms with Crippen molar-refractivity contribution in [3.05, 3.63) is 60.2 Å². The van der Waals surface area contributed by atoms with E-state index in [0.29, 0.717) is 5.69 Å². The molecule has 1 saturated heterocycles. The van der Waals surface area contributed by atoms with Gasteiger partial charge >= 0.3 is 0 Å². The lowest BCUT2D eigenvalue weighted by Gasteiger charge is -2.34. The predicted octanol–water partition coefficient (Wildman–Crippen LogP) is 3.73. The summed E-state index contributed by atoms with van der Waals surface area (Å²) < 4.78 is 6.06. The maximum Gasteiger partial charge on any atom is 0.246 e. The third-order valence-electron chi connectivity index (χ3n) is 4.81. The molecule has 1 fully saturated rings. The summed E-state index contributed by atoms with van der Waals surface area (Å²) in [4.78, 5) is 19.0. The van der Waals surface area contributed by atoms with Gasteiger partial charge in [0.1, 0.15) is 18.4 Å². The van der Waals surface area contributed by atoms with Crippen LogP contribution >= 0.6 is 24.0 Å². The predicted molar refractivity (Wildman–Crippen MR) is 136 cm³/mol. The minimum Gasteiger partial charge on any atom is -0.490 e. The Balaban J connectivity index is 0.00000341. The maximum atomic E-state index is 12.3. The molecule has 0 spiro atoms. The summed E-state index contributed by atoms with van der Waals surface area (Å²) in [6.07, 6.45) is 7.42. The second-order valence-electron chi connectivity index (χ2n) is 7.06. The minimum atomic E-state index is -0.179. The first-order chi connectivity index (χ1) is 14.7. The van der Waals surface area contributed by atoms with E-state index in [1.807, 2.05) is 55.5 Å². The van der Waals surface area contributed by atoms with Crippen LogP contribution in [0.5, 0.6) is 5.75 Å². The third-order valence-corrected chi connectivity index (χ3v) is 4.81. The van der Waals surface area contributed by atoms with Crippen molar-refractivity contribution >= 4 is 41.5 Å². The quantitative estimate of drug-likeness (QED) is 0.258. The van der Waals surface area contributed by atoms with Crippen molar-refractivity contribution in [3.63, 3.8) is 0 Å². The molecule has 1 aliphatic rings. The van der Waals surface area contributed by atoms with Gasteiger partial charge in [-0.05, 0) is 37.3 Å². The van der Waals surface area contributed by atoms with Gasteiger partial charge in [-0.1, -0.05) is 30.2 Å². The number of carbonyl (C=O) groups is 1. The van der Waals surface area contributed by atoms with Crippen molar-refractivity contribution < 1.29 is 9.53 Å². The van der Waals surface area contributed by atoms with E-state index < -0.39 is 0 Å². The van der Waals surface area contributed by atoms with E-state index in [1.54, 1.807) is 6.07 Å². The number of halogens is 1. The Kier molecular flexibility index (Phi) is 10.2. The summed E-state index contributed by atoms with van der Waals surface area (Å²) in [6, 6.07) is 17.1. The number of likely N-dealkylation sites (tertiary alicyclic amines) is 1. The van der Waals surface area contributed by atoms with Crippen LogP contribution < -0.4 is 15.4 Å². The number of benzene rings is 2. The van der Waals surface area contributed by atoms with Crippen LogP contribution in [0.25, 0.3) is 0 Å². The molecule has 1 heterocycles. The Bertz CT molecular complexity index is 903. The monoisotopic (exact) mass is 532 g/mol. The van der Waals surface area contributed by atoms with E-state index in [4.69, 9.17) is 11.2 Å². The van der Waals surface area contributed by atoms with Gasteiger partial charge in [0.2, 0.25) is 5.91 Å². The molecule has 0 saturated carbocycles. The van der Waals surface area contributed by atoms with E-state index in [9.17, 15) is 4.79 Å². The molecular weight excluding hydrogens is 503 g/mol. The van der Waals surface area contributed by atoms with Crippen LogP contribution in [0.4, 0.5) is 5.69 Å². The zero-order valence-corrected chi connectivity index (χ0v) is 20.0. The minimum absolute atomic E-state index is 0. The van der Waals surface area contributed by atoms with E-state index in [0.717, 1.165) is 49.7 Å². The molecule has 0 unspecified atom stereocenters. The highest BCUT2D eigenvalue weighted by atomic mass is 127. The summed E-state index contributed by atoms with van der Waals surface area (Å²) in [6.45, 7) is 4.46. The van der Waals surface area contributed by atoms with Crippen LogP contribution in [0.3, 0.4) is 0 Å². The van der Waals surface area contributed by atoms with E-state index in [2.05, 4.69) is 26.4 Å². The van der Waals surface area contributed by atoms with Gasteiger partial charge in [0, 0.05) is 43.7 Å². The van der Waals surface area contributed by atoms with Crippen LogP contribution in [-0.2, 0) is 4.79 Å². The molecule has 0 bridgehead atoms. The molecule has 0 aromatic heterocycles. The normalized spacial score (nSPS) is 14.2. The van der Waals surface area contributed by atoms with E-state index in [1.165, 1.54) is 0 Å². The Morgan fingerprint density at radius 3 is 2.61 bits per heavy atom. The topological polar surface area (TPSA) is 66.0 Å². The Morgan fingerprint density at radius 2 is 1.94 bits per heavy atom. The molecule has 1 amide bonds. The number of anilines is 1. The van der Waals surface area contributed by atoms with Gasteiger partial charge < -0.3 is 20.3 Å². The largest absolute Gasteiger partial charge is 0.490 e. The van der Waals surface area contributed by atoms with Gasteiger partial charge in [-0.15, -0.1) is 30.4 Å². The van der Waals surface area contributed by atoms with Crippen molar-refractivity contribution in [1.82, 2.24) is 10.2 Å². The number of rotatable bonds is 6. The number of hydrogen-bond donors (Lipinski definition) is 2. The van der Waals surface area contributed by atoms with Gasteiger partial charge in [0.25, 0.3) is 0 Å². The molecule has 1 aliphatic heterocycles. The second kappa shape index (κ2) is 12.8. The first-order valence-electron chi connectivity index (χ1n) is 10.3. The third kappa shape index (κ3) is 7.79. The number of nitrogens with one attached hydrogen (secondary N) is 2.